The van der Waals surface area contributed by atoms with Crippen LogP contribution in [0.4, 0.5) is 0 Å². The number of hydrogen-bond acceptors (Lipinski definition) is 2. The minimum absolute atomic E-state index is 0.611. The summed E-state index contributed by atoms with van der Waals surface area (Å²) in [4.78, 5) is 0. The molecule has 0 aromatic carbocycles. The van der Waals surface area contributed by atoms with E-state index in [4.69, 9.17) is 10.00 Å². The fraction of sp³-hybridized carbons (Fsp3) is 0.750. The number of nitrogens with zero attached hydrogens (tertiary/aromatic N) is 1. The largest absolute Gasteiger partial charge is 0.497 e. The standard InChI is InChI=1S/C12H21NO/c1-5-11(6-2)8-12(9-13)10(4)14-7-3/h11H,5-8H2,1-4H3. The zero-order valence-corrected chi connectivity index (χ0v) is 9.76. The van der Waals surface area contributed by atoms with E-state index in [0.29, 0.717) is 12.5 Å². The van der Waals surface area contributed by atoms with Gasteiger partial charge in [0, 0.05) is 0 Å². The van der Waals surface area contributed by atoms with Crippen LogP contribution in [-0.2, 0) is 4.74 Å². The van der Waals surface area contributed by atoms with Crippen LogP contribution in [-0.4, -0.2) is 6.61 Å². The van der Waals surface area contributed by atoms with Crippen LogP contribution in [0.1, 0.15) is 47.0 Å². The van der Waals surface area contributed by atoms with Crippen LogP contribution in [0, 0.1) is 17.2 Å². The van der Waals surface area contributed by atoms with Crippen molar-refractivity contribution in [2.45, 2.75) is 47.0 Å². The van der Waals surface area contributed by atoms with Crippen LogP contribution in [0.15, 0.2) is 11.3 Å². The minimum Gasteiger partial charge on any atom is -0.497 e. The molecule has 0 N–H and O–H groups in total. The van der Waals surface area contributed by atoms with Gasteiger partial charge in [0.05, 0.1) is 18.2 Å². The van der Waals surface area contributed by atoms with Crippen molar-refractivity contribution in [1.29, 1.82) is 5.26 Å². The van der Waals surface area contributed by atoms with Gasteiger partial charge < -0.3 is 4.74 Å². The predicted molar refractivity (Wildman–Crippen MR) is 58.6 cm³/mol. The normalized spacial score (nSPS) is 12.3. The van der Waals surface area contributed by atoms with Crippen molar-refractivity contribution in [3.05, 3.63) is 11.3 Å². The molecule has 0 aliphatic rings. The molecule has 0 spiro atoms. The van der Waals surface area contributed by atoms with E-state index in [0.717, 1.165) is 30.6 Å². The van der Waals surface area contributed by atoms with Crippen molar-refractivity contribution in [3.8, 4) is 6.07 Å². The molecule has 0 rings (SSSR count). The second-order valence-corrected chi connectivity index (χ2v) is 3.47. The first kappa shape index (κ1) is 13.0. The Balaban J connectivity index is 4.42. The van der Waals surface area contributed by atoms with Gasteiger partial charge in [-0.25, -0.2) is 0 Å². The number of rotatable bonds is 6. The van der Waals surface area contributed by atoms with Crippen LogP contribution >= 0.6 is 0 Å². The number of ether oxygens (including phenoxy) is 1. The Morgan fingerprint density at radius 3 is 2.21 bits per heavy atom. The van der Waals surface area contributed by atoms with E-state index in [9.17, 15) is 0 Å². The lowest BCUT2D eigenvalue weighted by atomic mass is 9.94. The molecule has 0 aromatic rings. The molecule has 0 aromatic heterocycles. The third-order valence-electron chi connectivity index (χ3n) is 2.57. The second kappa shape index (κ2) is 7.44. The maximum atomic E-state index is 8.98. The van der Waals surface area contributed by atoms with Crippen molar-refractivity contribution in [2.24, 2.45) is 5.92 Å². The Morgan fingerprint density at radius 2 is 1.86 bits per heavy atom. The Bertz CT molecular complexity index is 221. The summed E-state index contributed by atoms with van der Waals surface area (Å²) < 4.78 is 5.34. The summed E-state index contributed by atoms with van der Waals surface area (Å²) in [6, 6.07) is 2.24. The molecule has 0 atom stereocenters. The summed E-state index contributed by atoms with van der Waals surface area (Å²) in [5, 5.41) is 8.98. The fourth-order valence-electron chi connectivity index (χ4n) is 1.44. The molecular weight excluding hydrogens is 174 g/mol. The molecule has 80 valence electrons. The Morgan fingerprint density at radius 1 is 1.29 bits per heavy atom. The van der Waals surface area contributed by atoms with E-state index in [1.54, 1.807) is 0 Å². The van der Waals surface area contributed by atoms with E-state index in [2.05, 4.69) is 19.9 Å². The van der Waals surface area contributed by atoms with Gasteiger partial charge >= 0.3 is 0 Å². The quantitative estimate of drug-likeness (QED) is 0.479. The van der Waals surface area contributed by atoms with Gasteiger partial charge in [-0.05, 0) is 26.2 Å². The molecule has 14 heavy (non-hydrogen) atoms. The van der Waals surface area contributed by atoms with Gasteiger partial charge in [0.15, 0.2) is 0 Å². The van der Waals surface area contributed by atoms with Gasteiger partial charge in [0.2, 0.25) is 0 Å². The summed E-state index contributed by atoms with van der Waals surface area (Å²) in [7, 11) is 0. The monoisotopic (exact) mass is 195 g/mol. The molecule has 0 bridgehead atoms. The lowest BCUT2D eigenvalue weighted by Gasteiger charge is -2.13. The predicted octanol–water partition coefficient (Wildman–Crippen LogP) is 3.65. The molecule has 0 unspecified atom stereocenters. The van der Waals surface area contributed by atoms with Gasteiger partial charge in [0.1, 0.15) is 5.76 Å². The first-order valence-electron chi connectivity index (χ1n) is 5.42. The molecule has 0 heterocycles. The molecule has 0 aliphatic heterocycles. The smallest absolute Gasteiger partial charge is 0.106 e. The number of allylic oxidation sites excluding steroid dienone is 2. The second-order valence-electron chi connectivity index (χ2n) is 3.47. The maximum absolute atomic E-state index is 8.98. The summed E-state index contributed by atoms with van der Waals surface area (Å²) in [5.74, 6) is 1.40. The Hall–Kier alpha value is -0.970. The van der Waals surface area contributed by atoms with Crippen LogP contribution in [0.2, 0.25) is 0 Å². The maximum Gasteiger partial charge on any atom is 0.106 e. The van der Waals surface area contributed by atoms with E-state index in [-0.39, 0.29) is 0 Å². The SMILES string of the molecule is CCOC(C)=C(C#N)CC(CC)CC. The molecule has 0 fully saturated rings. The number of nitriles is 1. The highest BCUT2D eigenvalue weighted by molar-refractivity contribution is 5.23. The summed E-state index contributed by atoms with van der Waals surface area (Å²) >= 11 is 0. The summed E-state index contributed by atoms with van der Waals surface area (Å²) in [6.07, 6.45) is 3.11. The van der Waals surface area contributed by atoms with E-state index >= 15 is 0 Å². The minimum atomic E-state index is 0.611. The molecular formula is C12H21NO. The number of hydrogen-bond donors (Lipinski definition) is 0. The molecule has 0 amide bonds. The lowest BCUT2D eigenvalue weighted by Crippen LogP contribution is -2.01. The lowest BCUT2D eigenvalue weighted by molar-refractivity contribution is 0.226. The summed E-state index contributed by atoms with van der Waals surface area (Å²) in [5.41, 5.74) is 0.806. The van der Waals surface area contributed by atoms with Gasteiger partial charge in [-0.3, -0.25) is 0 Å². The molecule has 2 heteroatoms. The Labute approximate surface area is 87.6 Å². The molecule has 0 aliphatic carbocycles. The van der Waals surface area contributed by atoms with Gasteiger partial charge in [-0.1, -0.05) is 26.7 Å². The Kier molecular flexibility index (Phi) is 6.92. The van der Waals surface area contributed by atoms with Crippen molar-refractivity contribution < 1.29 is 4.74 Å². The first-order chi connectivity index (χ1) is 6.69. The summed E-state index contributed by atoms with van der Waals surface area (Å²) in [6.45, 7) is 8.79. The van der Waals surface area contributed by atoms with Gasteiger partial charge in [0.25, 0.3) is 0 Å². The van der Waals surface area contributed by atoms with Crippen molar-refractivity contribution in [1.82, 2.24) is 0 Å². The van der Waals surface area contributed by atoms with Crippen molar-refractivity contribution >= 4 is 0 Å². The third kappa shape index (κ3) is 4.32. The average Bonchev–Trinajstić information content (AvgIpc) is 2.20. The molecule has 0 radical (unpaired) electrons. The third-order valence-corrected chi connectivity index (χ3v) is 2.57. The van der Waals surface area contributed by atoms with Crippen LogP contribution in [0.25, 0.3) is 0 Å². The first-order valence-corrected chi connectivity index (χ1v) is 5.42. The zero-order chi connectivity index (χ0) is 11.0. The van der Waals surface area contributed by atoms with E-state index < -0.39 is 0 Å². The van der Waals surface area contributed by atoms with E-state index in [1.165, 1.54) is 0 Å². The van der Waals surface area contributed by atoms with Crippen molar-refractivity contribution in [2.75, 3.05) is 6.61 Å². The fourth-order valence-corrected chi connectivity index (χ4v) is 1.44. The van der Waals surface area contributed by atoms with Crippen LogP contribution < -0.4 is 0 Å². The van der Waals surface area contributed by atoms with Crippen LogP contribution in [0.5, 0.6) is 0 Å². The average molecular weight is 195 g/mol. The van der Waals surface area contributed by atoms with Crippen LogP contribution in [0.3, 0.4) is 0 Å². The molecule has 0 saturated heterocycles. The molecule has 0 saturated carbocycles. The highest BCUT2D eigenvalue weighted by atomic mass is 16.5. The van der Waals surface area contributed by atoms with Crippen molar-refractivity contribution in [3.63, 3.8) is 0 Å². The topological polar surface area (TPSA) is 33.0 Å². The highest BCUT2D eigenvalue weighted by Crippen LogP contribution is 2.20. The molecule has 2 nitrogen and oxygen atoms in total. The highest BCUT2D eigenvalue weighted by Gasteiger charge is 2.10. The zero-order valence-electron chi connectivity index (χ0n) is 9.76. The van der Waals surface area contributed by atoms with E-state index in [1.807, 2.05) is 13.8 Å². The van der Waals surface area contributed by atoms with Gasteiger partial charge in [-0.15, -0.1) is 0 Å². The van der Waals surface area contributed by atoms with Gasteiger partial charge in [-0.2, -0.15) is 5.26 Å².